The van der Waals surface area contributed by atoms with E-state index in [1.807, 2.05) is 0 Å². The van der Waals surface area contributed by atoms with E-state index >= 15 is 0 Å². The van der Waals surface area contributed by atoms with Crippen molar-refractivity contribution >= 4 is 26.5 Å². The van der Waals surface area contributed by atoms with Crippen LogP contribution in [0.1, 0.15) is 0 Å². The summed E-state index contributed by atoms with van der Waals surface area (Å²) >= 11 is 1.08. The highest BCUT2D eigenvalue weighted by molar-refractivity contribution is 7.93. The lowest BCUT2D eigenvalue weighted by atomic mass is 10.2. The van der Waals surface area contributed by atoms with Crippen LogP contribution in [0.25, 0.3) is 10.6 Å². The third-order valence-corrected chi connectivity index (χ3v) is 5.44. The van der Waals surface area contributed by atoms with E-state index in [2.05, 4.69) is 14.9 Å². The standard InChI is InChI=1S/C15H12FN3O3S2/c1-22-12-7-5-10(6-8-12)14-17-18-15(23-14)19-24(20,21)13-4-2-3-11(16)9-13/h2-9H,1H3,(H,18,19). The van der Waals surface area contributed by atoms with E-state index < -0.39 is 15.8 Å². The minimum Gasteiger partial charge on any atom is -0.497 e. The minimum absolute atomic E-state index is 0.102. The van der Waals surface area contributed by atoms with Crippen LogP contribution < -0.4 is 9.46 Å². The van der Waals surface area contributed by atoms with E-state index in [-0.39, 0.29) is 10.0 Å². The number of ether oxygens (including phenoxy) is 1. The summed E-state index contributed by atoms with van der Waals surface area (Å²) in [5, 5.41) is 8.44. The van der Waals surface area contributed by atoms with Gasteiger partial charge in [-0.05, 0) is 42.5 Å². The zero-order chi connectivity index (χ0) is 17.2. The Balaban J connectivity index is 1.83. The first-order chi connectivity index (χ1) is 11.5. The van der Waals surface area contributed by atoms with E-state index in [1.54, 1.807) is 31.4 Å². The maximum absolute atomic E-state index is 13.2. The van der Waals surface area contributed by atoms with Gasteiger partial charge in [0.1, 0.15) is 16.6 Å². The fraction of sp³-hybridized carbons (Fsp3) is 0.0667. The topological polar surface area (TPSA) is 81.2 Å². The average molecular weight is 365 g/mol. The van der Waals surface area contributed by atoms with Crippen LogP contribution in [0.5, 0.6) is 5.75 Å². The molecule has 1 heterocycles. The number of sulfonamides is 1. The molecule has 0 aliphatic rings. The van der Waals surface area contributed by atoms with Crippen molar-refractivity contribution in [1.82, 2.24) is 10.2 Å². The Morgan fingerprint density at radius 3 is 2.54 bits per heavy atom. The summed E-state index contributed by atoms with van der Waals surface area (Å²) in [5.41, 5.74) is 0.782. The normalized spacial score (nSPS) is 11.2. The van der Waals surface area contributed by atoms with Gasteiger partial charge in [0.05, 0.1) is 12.0 Å². The highest BCUT2D eigenvalue weighted by atomic mass is 32.2. The highest BCUT2D eigenvalue weighted by Crippen LogP contribution is 2.29. The van der Waals surface area contributed by atoms with Gasteiger partial charge in [0.2, 0.25) is 5.13 Å². The van der Waals surface area contributed by atoms with Gasteiger partial charge < -0.3 is 4.74 Å². The van der Waals surface area contributed by atoms with Crippen molar-refractivity contribution in [3.05, 3.63) is 54.3 Å². The Morgan fingerprint density at radius 2 is 1.88 bits per heavy atom. The van der Waals surface area contributed by atoms with Crippen LogP contribution >= 0.6 is 11.3 Å². The fourth-order valence-corrected chi connectivity index (χ4v) is 3.93. The molecule has 24 heavy (non-hydrogen) atoms. The third kappa shape index (κ3) is 3.52. The van der Waals surface area contributed by atoms with Crippen LogP contribution in [0.2, 0.25) is 0 Å². The van der Waals surface area contributed by atoms with Crippen LogP contribution in [0, 0.1) is 5.82 Å². The van der Waals surface area contributed by atoms with Crippen LogP contribution in [-0.4, -0.2) is 25.7 Å². The molecule has 0 radical (unpaired) electrons. The first-order valence-corrected chi connectivity index (χ1v) is 9.04. The molecule has 1 aromatic heterocycles. The molecule has 0 saturated heterocycles. The third-order valence-electron chi connectivity index (χ3n) is 3.09. The second-order valence-corrected chi connectivity index (χ2v) is 7.36. The first kappa shape index (κ1) is 16.3. The van der Waals surface area contributed by atoms with Crippen LogP contribution in [0.3, 0.4) is 0 Å². The molecule has 2 aromatic carbocycles. The molecule has 3 aromatic rings. The lowest BCUT2D eigenvalue weighted by molar-refractivity contribution is 0.415. The second kappa shape index (κ2) is 6.54. The molecular formula is C15H12FN3O3S2. The molecule has 0 aliphatic carbocycles. The Labute approximate surface area is 142 Å². The number of nitrogens with one attached hydrogen (secondary N) is 1. The van der Waals surface area contributed by atoms with E-state index in [1.165, 1.54) is 18.2 Å². The van der Waals surface area contributed by atoms with Gasteiger partial charge in [-0.2, -0.15) is 0 Å². The number of hydrogen-bond donors (Lipinski definition) is 1. The molecule has 1 N–H and O–H groups in total. The summed E-state index contributed by atoms with van der Waals surface area (Å²) in [6.45, 7) is 0. The van der Waals surface area contributed by atoms with Crippen molar-refractivity contribution in [2.24, 2.45) is 0 Å². The van der Waals surface area contributed by atoms with Crippen molar-refractivity contribution in [2.75, 3.05) is 11.8 Å². The maximum Gasteiger partial charge on any atom is 0.263 e. The molecular weight excluding hydrogens is 353 g/mol. The Bertz CT molecular complexity index is 956. The molecule has 0 bridgehead atoms. The van der Waals surface area contributed by atoms with E-state index in [4.69, 9.17) is 4.74 Å². The summed E-state index contributed by atoms with van der Waals surface area (Å²) < 4.78 is 45.0. The van der Waals surface area contributed by atoms with Crippen LogP contribution in [0.15, 0.2) is 53.4 Å². The van der Waals surface area contributed by atoms with Gasteiger partial charge in [0.25, 0.3) is 10.0 Å². The average Bonchev–Trinajstić information content (AvgIpc) is 3.03. The Hall–Kier alpha value is -2.52. The van der Waals surface area contributed by atoms with Crippen molar-refractivity contribution in [3.63, 3.8) is 0 Å². The molecule has 0 spiro atoms. The largest absolute Gasteiger partial charge is 0.497 e. The summed E-state index contributed by atoms with van der Waals surface area (Å²) in [5.74, 6) is 0.0735. The zero-order valence-electron chi connectivity index (χ0n) is 12.4. The predicted octanol–water partition coefficient (Wildman–Crippen LogP) is 3.15. The molecule has 9 heteroatoms. The van der Waals surface area contributed by atoms with Crippen LogP contribution in [0.4, 0.5) is 9.52 Å². The molecule has 0 fully saturated rings. The number of methoxy groups -OCH3 is 1. The quantitative estimate of drug-likeness (QED) is 0.751. The molecule has 0 saturated carbocycles. The number of aromatic nitrogens is 2. The van der Waals surface area contributed by atoms with Gasteiger partial charge in [0, 0.05) is 5.56 Å². The van der Waals surface area contributed by atoms with Gasteiger partial charge in [-0.3, -0.25) is 4.72 Å². The number of benzene rings is 2. The van der Waals surface area contributed by atoms with Crippen LogP contribution in [-0.2, 0) is 10.0 Å². The summed E-state index contributed by atoms with van der Waals surface area (Å²) in [7, 11) is -2.35. The fourth-order valence-electron chi connectivity index (χ4n) is 1.92. The van der Waals surface area contributed by atoms with Gasteiger partial charge >= 0.3 is 0 Å². The van der Waals surface area contributed by atoms with Crippen molar-refractivity contribution in [1.29, 1.82) is 0 Å². The second-order valence-electron chi connectivity index (χ2n) is 4.70. The number of rotatable bonds is 5. The number of halogens is 1. The molecule has 6 nitrogen and oxygen atoms in total. The lowest BCUT2D eigenvalue weighted by Gasteiger charge is -2.04. The zero-order valence-corrected chi connectivity index (χ0v) is 14.1. The number of nitrogens with zero attached hydrogens (tertiary/aromatic N) is 2. The SMILES string of the molecule is COc1ccc(-c2nnc(NS(=O)(=O)c3cccc(F)c3)s2)cc1. The number of hydrogen-bond acceptors (Lipinski definition) is 6. The van der Waals surface area contributed by atoms with Gasteiger partial charge in [0.15, 0.2) is 0 Å². The summed E-state index contributed by atoms with van der Waals surface area (Å²) in [6.07, 6.45) is 0. The first-order valence-electron chi connectivity index (χ1n) is 6.74. The van der Waals surface area contributed by atoms with Crippen molar-refractivity contribution in [2.45, 2.75) is 4.90 Å². The molecule has 0 amide bonds. The summed E-state index contributed by atoms with van der Waals surface area (Å²) in [6, 6.07) is 11.9. The van der Waals surface area contributed by atoms with Gasteiger partial charge in [-0.15, -0.1) is 10.2 Å². The lowest BCUT2D eigenvalue weighted by Crippen LogP contribution is -2.12. The highest BCUT2D eigenvalue weighted by Gasteiger charge is 2.17. The minimum atomic E-state index is -3.92. The molecule has 0 aliphatic heterocycles. The molecule has 0 unspecified atom stereocenters. The maximum atomic E-state index is 13.2. The van der Waals surface area contributed by atoms with Crippen molar-refractivity contribution < 1.29 is 17.5 Å². The Morgan fingerprint density at radius 1 is 1.12 bits per heavy atom. The van der Waals surface area contributed by atoms with E-state index in [0.717, 1.165) is 23.0 Å². The van der Waals surface area contributed by atoms with Gasteiger partial charge in [-0.1, -0.05) is 17.4 Å². The van der Waals surface area contributed by atoms with Gasteiger partial charge in [-0.25, -0.2) is 12.8 Å². The number of anilines is 1. The van der Waals surface area contributed by atoms with E-state index in [9.17, 15) is 12.8 Å². The van der Waals surface area contributed by atoms with E-state index in [0.29, 0.717) is 10.8 Å². The summed E-state index contributed by atoms with van der Waals surface area (Å²) in [4.78, 5) is -0.177. The molecule has 124 valence electrons. The smallest absolute Gasteiger partial charge is 0.263 e. The van der Waals surface area contributed by atoms with Crippen molar-refractivity contribution in [3.8, 4) is 16.3 Å². The predicted molar refractivity (Wildman–Crippen MR) is 89.1 cm³/mol. The molecule has 0 atom stereocenters. The molecule has 3 rings (SSSR count). The Kier molecular flexibility index (Phi) is 4.45. The monoisotopic (exact) mass is 365 g/mol.